The molecule has 162 valence electrons. The van der Waals surface area contributed by atoms with Gasteiger partial charge < -0.3 is 14.8 Å². The first-order valence-corrected chi connectivity index (χ1v) is 10.6. The predicted molar refractivity (Wildman–Crippen MR) is 120 cm³/mol. The van der Waals surface area contributed by atoms with Gasteiger partial charge in [0.05, 0.1) is 15.1 Å². The molecule has 0 saturated heterocycles. The zero-order chi connectivity index (χ0) is 22.6. The topological polar surface area (TPSA) is 64.6 Å². The van der Waals surface area contributed by atoms with E-state index in [4.69, 9.17) is 67.5 Å². The summed E-state index contributed by atoms with van der Waals surface area (Å²) in [5.74, 6) is -1.10. The molecule has 0 unspecified atom stereocenters. The summed E-state index contributed by atoms with van der Waals surface area (Å²) in [5.41, 5.74) is 0.0228. The van der Waals surface area contributed by atoms with Gasteiger partial charge in [-0.3, -0.25) is 0 Å². The molecular weight excluding hydrogens is 495 g/mol. The minimum atomic E-state index is -1.11. The third kappa shape index (κ3) is 6.56. The molecule has 0 bridgehead atoms. The maximum atomic E-state index is 12.9. The summed E-state index contributed by atoms with van der Waals surface area (Å²) in [6.45, 7) is 5.11. The van der Waals surface area contributed by atoms with Crippen molar-refractivity contribution in [2.75, 3.05) is 0 Å². The molecule has 2 aromatic carbocycles. The number of rotatable bonds is 5. The number of amides is 1. The van der Waals surface area contributed by atoms with Crippen LogP contribution in [0.1, 0.15) is 26.3 Å². The summed E-state index contributed by atoms with van der Waals surface area (Å²) in [7, 11) is 0. The fourth-order valence-corrected chi connectivity index (χ4v) is 3.54. The Balaban J connectivity index is 2.32. The van der Waals surface area contributed by atoms with E-state index in [2.05, 4.69) is 5.32 Å². The second-order valence-electron chi connectivity index (χ2n) is 7.21. The molecule has 30 heavy (non-hydrogen) atoms. The third-order valence-electron chi connectivity index (χ3n) is 3.63. The van der Waals surface area contributed by atoms with Crippen LogP contribution in [0.15, 0.2) is 30.3 Å². The largest absolute Gasteiger partial charge is 0.444 e. The molecule has 0 aliphatic heterocycles. The Morgan fingerprint density at radius 3 is 1.90 bits per heavy atom. The molecule has 1 amide bonds. The lowest BCUT2D eigenvalue weighted by molar-refractivity contribution is -0.136. The lowest BCUT2D eigenvalue weighted by Crippen LogP contribution is -2.46. The van der Waals surface area contributed by atoms with Gasteiger partial charge in [-0.15, -0.1) is 0 Å². The van der Waals surface area contributed by atoms with Crippen LogP contribution in [0.3, 0.4) is 0 Å². The Morgan fingerprint density at radius 1 is 0.900 bits per heavy atom. The highest BCUT2D eigenvalue weighted by molar-refractivity contribution is 6.55. The monoisotopic (exact) mass is 511 g/mol. The minimum absolute atomic E-state index is 0.0687. The highest BCUT2D eigenvalue weighted by Gasteiger charge is 2.29. The molecular formula is C20H18Cl5NO4. The van der Waals surface area contributed by atoms with Crippen LogP contribution in [-0.2, 0) is 16.0 Å². The van der Waals surface area contributed by atoms with Gasteiger partial charge in [-0.1, -0.05) is 88.3 Å². The second-order valence-corrected chi connectivity index (χ2v) is 9.10. The predicted octanol–water partition coefficient (Wildman–Crippen LogP) is 7.00. The Bertz CT molecular complexity index is 915. The average Bonchev–Trinajstić information content (AvgIpc) is 2.67. The second kappa shape index (κ2) is 10.3. The first-order chi connectivity index (χ1) is 13.9. The van der Waals surface area contributed by atoms with Crippen molar-refractivity contribution >= 4 is 70.1 Å². The van der Waals surface area contributed by atoms with Gasteiger partial charge in [-0.2, -0.15) is 0 Å². The van der Waals surface area contributed by atoms with Crippen LogP contribution in [-0.4, -0.2) is 23.7 Å². The molecule has 1 atom stereocenters. The Kier molecular flexibility index (Phi) is 8.54. The molecule has 0 aliphatic carbocycles. The quantitative estimate of drug-likeness (QED) is 0.202. The number of alkyl carbamates (subject to hydrolysis) is 1. The Labute approximate surface area is 199 Å². The number of benzene rings is 2. The van der Waals surface area contributed by atoms with Crippen LogP contribution < -0.4 is 10.1 Å². The van der Waals surface area contributed by atoms with Crippen LogP contribution >= 0.6 is 58.0 Å². The first-order valence-electron chi connectivity index (χ1n) is 8.67. The van der Waals surface area contributed by atoms with Crippen molar-refractivity contribution in [1.82, 2.24) is 5.32 Å². The number of hydrogen-bond donors (Lipinski definition) is 1. The molecule has 2 aromatic rings. The first kappa shape index (κ1) is 24.9. The van der Waals surface area contributed by atoms with Crippen molar-refractivity contribution in [3.05, 3.63) is 61.0 Å². The SMILES string of the molecule is CC(C)(C)OC(=O)N[C@@H](Cc1ccccc1)C(=O)Oc1c(Cl)c(Cl)c(Cl)c(Cl)c1Cl. The molecule has 0 aliphatic rings. The summed E-state index contributed by atoms with van der Waals surface area (Å²) in [6, 6.07) is 7.92. The molecule has 10 heteroatoms. The van der Waals surface area contributed by atoms with Crippen molar-refractivity contribution in [2.24, 2.45) is 0 Å². The van der Waals surface area contributed by atoms with Crippen molar-refractivity contribution < 1.29 is 19.1 Å². The average molecular weight is 514 g/mol. The van der Waals surface area contributed by atoms with Gasteiger partial charge in [0.2, 0.25) is 0 Å². The fourth-order valence-electron chi connectivity index (χ4n) is 2.34. The molecule has 0 radical (unpaired) electrons. The third-order valence-corrected chi connectivity index (χ3v) is 5.87. The van der Waals surface area contributed by atoms with E-state index in [1.54, 1.807) is 45.0 Å². The zero-order valence-corrected chi connectivity index (χ0v) is 20.0. The number of ether oxygens (including phenoxy) is 2. The summed E-state index contributed by atoms with van der Waals surface area (Å²) in [5, 5.41) is 1.85. The standard InChI is InChI=1S/C20H18Cl5NO4/c1-20(2,3)30-19(28)26-11(9-10-7-5-4-6-8-10)18(27)29-17-15(24)13(22)12(21)14(23)16(17)25/h4-8,11H,9H2,1-3H3,(H,26,28)/t11-/m0/s1. The summed E-state index contributed by atoms with van der Waals surface area (Å²) in [6.07, 6.45) is -0.659. The van der Waals surface area contributed by atoms with Crippen LogP contribution in [0, 0.1) is 0 Å². The van der Waals surface area contributed by atoms with Crippen molar-refractivity contribution in [3.8, 4) is 5.75 Å². The van der Waals surface area contributed by atoms with E-state index in [9.17, 15) is 9.59 Å². The molecule has 2 rings (SSSR count). The number of esters is 1. The van der Waals surface area contributed by atoms with Gasteiger partial charge >= 0.3 is 12.1 Å². The van der Waals surface area contributed by atoms with Crippen LogP contribution in [0.25, 0.3) is 0 Å². The normalized spacial score (nSPS) is 12.3. The minimum Gasteiger partial charge on any atom is -0.444 e. The molecule has 1 N–H and O–H groups in total. The van der Waals surface area contributed by atoms with Crippen LogP contribution in [0.4, 0.5) is 4.79 Å². The molecule has 0 saturated carbocycles. The molecule has 5 nitrogen and oxygen atoms in total. The number of carbonyl (C=O) groups is 2. The number of hydrogen-bond acceptors (Lipinski definition) is 4. The van der Waals surface area contributed by atoms with Crippen LogP contribution in [0.2, 0.25) is 25.1 Å². The van der Waals surface area contributed by atoms with Gasteiger partial charge in [-0.25, -0.2) is 9.59 Å². The highest BCUT2D eigenvalue weighted by Crippen LogP contribution is 2.48. The smallest absolute Gasteiger partial charge is 0.408 e. The zero-order valence-electron chi connectivity index (χ0n) is 16.2. The Hall–Kier alpha value is -1.37. The molecule has 0 heterocycles. The van der Waals surface area contributed by atoms with E-state index in [-0.39, 0.29) is 37.3 Å². The molecule has 0 spiro atoms. The van der Waals surface area contributed by atoms with Gasteiger partial charge in [0.15, 0.2) is 5.75 Å². The molecule has 0 fully saturated rings. The van der Waals surface area contributed by atoms with Gasteiger partial charge in [0.25, 0.3) is 0 Å². The van der Waals surface area contributed by atoms with Crippen LogP contribution in [0.5, 0.6) is 5.75 Å². The highest BCUT2D eigenvalue weighted by atomic mass is 35.5. The fraction of sp³-hybridized carbons (Fsp3) is 0.300. The number of halogens is 5. The van der Waals surface area contributed by atoms with E-state index in [0.29, 0.717) is 0 Å². The molecule has 0 aromatic heterocycles. The number of nitrogens with one attached hydrogen (secondary N) is 1. The number of carbonyl (C=O) groups excluding carboxylic acids is 2. The van der Waals surface area contributed by atoms with Gasteiger partial charge in [-0.05, 0) is 26.3 Å². The van der Waals surface area contributed by atoms with Crippen molar-refractivity contribution in [3.63, 3.8) is 0 Å². The maximum Gasteiger partial charge on any atom is 0.408 e. The maximum absolute atomic E-state index is 12.9. The van der Waals surface area contributed by atoms with E-state index in [1.807, 2.05) is 6.07 Å². The summed E-state index contributed by atoms with van der Waals surface area (Å²) < 4.78 is 10.6. The van der Waals surface area contributed by atoms with Gasteiger partial charge in [0.1, 0.15) is 21.7 Å². The van der Waals surface area contributed by atoms with Gasteiger partial charge in [0, 0.05) is 6.42 Å². The Morgan fingerprint density at radius 2 is 1.40 bits per heavy atom. The summed E-state index contributed by atoms with van der Waals surface area (Å²) >= 11 is 30.3. The van der Waals surface area contributed by atoms with E-state index in [1.165, 1.54) is 0 Å². The summed E-state index contributed by atoms with van der Waals surface area (Å²) in [4.78, 5) is 25.2. The van der Waals surface area contributed by atoms with E-state index >= 15 is 0 Å². The van der Waals surface area contributed by atoms with E-state index < -0.39 is 23.7 Å². The lowest BCUT2D eigenvalue weighted by Gasteiger charge is -2.23. The lowest BCUT2D eigenvalue weighted by atomic mass is 10.1. The van der Waals surface area contributed by atoms with Crippen molar-refractivity contribution in [1.29, 1.82) is 0 Å². The van der Waals surface area contributed by atoms with Crippen molar-refractivity contribution in [2.45, 2.75) is 38.8 Å². The van der Waals surface area contributed by atoms with E-state index in [0.717, 1.165) is 5.56 Å².